The molecular weight excluding hydrogens is 560 g/mol. The molecule has 0 saturated carbocycles. The van der Waals surface area contributed by atoms with Gasteiger partial charge in [0.05, 0.1) is 34.7 Å². The standard InChI is InChI=1S/C42H28N4/c43-27-29-16-20-31(21-17-29)36-24-37(32-22-18-30(28-44)19-23-32)26-38(25-36)42-45-40(34-12-6-2-7-13-34)39(33-10-4-1-5-11-33)41(46-42)35-14-8-3-9-15-35/h1-26,42,45H. The summed E-state index contributed by atoms with van der Waals surface area (Å²) in [6.45, 7) is 0. The summed E-state index contributed by atoms with van der Waals surface area (Å²) in [5, 5.41) is 22.6. The first-order valence-electron chi connectivity index (χ1n) is 15.1. The highest BCUT2D eigenvalue weighted by Gasteiger charge is 2.27. The van der Waals surface area contributed by atoms with Gasteiger partial charge in [-0.25, -0.2) is 0 Å². The Kier molecular flexibility index (Phi) is 7.76. The molecule has 216 valence electrons. The molecule has 0 aliphatic carbocycles. The summed E-state index contributed by atoms with van der Waals surface area (Å²) in [6.07, 6.45) is -0.395. The van der Waals surface area contributed by atoms with E-state index in [-0.39, 0.29) is 0 Å². The second-order valence-corrected chi connectivity index (χ2v) is 11.1. The second kappa shape index (κ2) is 12.6. The second-order valence-electron chi connectivity index (χ2n) is 11.1. The van der Waals surface area contributed by atoms with E-state index in [1.807, 2.05) is 78.9 Å². The van der Waals surface area contributed by atoms with Crippen molar-refractivity contribution in [3.05, 3.63) is 191 Å². The first-order valence-corrected chi connectivity index (χ1v) is 15.1. The number of benzene rings is 6. The first-order chi connectivity index (χ1) is 22.7. The van der Waals surface area contributed by atoms with Crippen LogP contribution in [0.1, 0.15) is 39.5 Å². The molecular formula is C42H28N4. The molecule has 1 N–H and O–H groups in total. The maximum Gasteiger partial charge on any atom is 0.145 e. The van der Waals surface area contributed by atoms with Gasteiger partial charge in [-0.2, -0.15) is 10.5 Å². The van der Waals surface area contributed by atoms with E-state index >= 15 is 0 Å². The smallest absolute Gasteiger partial charge is 0.145 e. The molecule has 1 aliphatic heterocycles. The number of rotatable bonds is 6. The minimum absolute atomic E-state index is 0.395. The predicted molar refractivity (Wildman–Crippen MR) is 185 cm³/mol. The third-order valence-electron chi connectivity index (χ3n) is 8.16. The van der Waals surface area contributed by atoms with Gasteiger partial charge in [-0.05, 0) is 81.4 Å². The largest absolute Gasteiger partial charge is 0.359 e. The van der Waals surface area contributed by atoms with Gasteiger partial charge in [0, 0.05) is 11.1 Å². The van der Waals surface area contributed by atoms with Crippen LogP contribution >= 0.6 is 0 Å². The van der Waals surface area contributed by atoms with Crippen molar-refractivity contribution < 1.29 is 0 Å². The van der Waals surface area contributed by atoms with E-state index in [1.54, 1.807) is 0 Å². The molecule has 0 bridgehead atoms. The summed E-state index contributed by atoms with van der Waals surface area (Å²) < 4.78 is 0. The third-order valence-corrected chi connectivity index (χ3v) is 8.16. The quantitative estimate of drug-likeness (QED) is 0.211. The van der Waals surface area contributed by atoms with Crippen molar-refractivity contribution in [2.24, 2.45) is 4.99 Å². The highest BCUT2D eigenvalue weighted by molar-refractivity contribution is 6.37. The van der Waals surface area contributed by atoms with E-state index in [1.165, 1.54) is 0 Å². The van der Waals surface area contributed by atoms with Crippen molar-refractivity contribution in [1.82, 2.24) is 5.32 Å². The summed E-state index contributed by atoms with van der Waals surface area (Å²) in [6, 6.07) is 57.4. The average molecular weight is 589 g/mol. The van der Waals surface area contributed by atoms with Gasteiger partial charge in [0.15, 0.2) is 0 Å². The fraction of sp³-hybridized carbons (Fsp3) is 0.0238. The Hall–Kier alpha value is -6.49. The van der Waals surface area contributed by atoms with Gasteiger partial charge in [-0.15, -0.1) is 0 Å². The molecule has 1 heterocycles. The van der Waals surface area contributed by atoms with Gasteiger partial charge in [-0.3, -0.25) is 4.99 Å². The number of nitrogens with zero attached hydrogens (tertiary/aromatic N) is 3. The molecule has 0 spiro atoms. The zero-order chi connectivity index (χ0) is 31.3. The molecule has 6 aromatic carbocycles. The van der Waals surface area contributed by atoms with E-state index in [0.29, 0.717) is 11.1 Å². The van der Waals surface area contributed by atoms with E-state index in [9.17, 15) is 10.5 Å². The van der Waals surface area contributed by atoms with Gasteiger partial charge >= 0.3 is 0 Å². The van der Waals surface area contributed by atoms with Gasteiger partial charge < -0.3 is 5.32 Å². The van der Waals surface area contributed by atoms with Gasteiger partial charge in [-0.1, -0.05) is 115 Å². The van der Waals surface area contributed by atoms with Crippen molar-refractivity contribution >= 4 is 17.0 Å². The van der Waals surface area contributed by atoms with Gasteiger partial charge in [0.1, 0.15) is 6.17 Å². The highest BCUT2D eigenvalue weighted by atomic mass is 15.1. The summed E-state index contributed by atoms with van der Waals surface area (Å²) in [7, 11) is 0. The molecule has 1 atom stereocenters. The molecule has 4 nitrogen and oxygen atoms in total. The lowest BCUT2D eigenvalue weighted by molar-refractivity contribution is 0.666. The van der Waals surface area contributed by atoms with E-state index in [0.717, 1.165) is 61.5 Å². The molecule has 1 unspecified atom stereocenters. The van der Waals surface area contributed by atoms with E-state index in [4.69, 9.17) is 4.99 Å². The Labute approximate surface area is 268 Å². The SMILES string of the molecule is N#Cc1ccc(-c2cc(-c3ccc(C#N)cc3)cc(C3N=C(c4ccccc4)C(c4ccccc4)=C(c4ccccc4)N3)c2)cc1. The van der Waals surface area contributed by atoms with Crippen molar-refractivity contribution in [3.8, 4) is 34.4 Å². The van der Waals surface area contributed by atoms with Crippen molar-refractivity contribution in [2.45, 2.75) is 6.17 Å². The monoisotopic (exact) mass is 588 g/mol. The van der Waals surface area contributed by atoms with Gasteiger partial charge in [0.2, 0.25) is 0 Å². The molecule has 1 aliphatic rings. The Morgan fingerprint density at radius 2 is 0.913 bits per heavy atom. The lowest BCUT2D eigenvalue weighted by Gasteiger charge is -2.30. The maximum atomic E-state index is 9.39. The topological polar surface area (TPSA) is 72.0 Å². The van der Waals surface area contributed by atoms with Crippen LogP contribution in [-0.2, 0) is 0 Å². The molecule has 4 heteroatoms. The Morgan fingerprint density at radius 1 is 0.457 bits per heavy atom. The summed E-state index contributed by atoms with van der Waals surface area (Å²) in [5.74, 6) is 0. The zero-order valence-electron chi connectivity index (χ0n) is 24.9. The molecule has 46 heavy (non-hydrogen) atoms. The van der Waals surface area contributed by atoms with E-state index < -0.39 is 6.17 Å². The molecule has 0 amide bonds. The van der Waals surface area contributed by atoms with E-state index in [2.05, 4.69) is 96.3 Å². The summed E-state index contributed by atoms with van der Waals surface area (Å²) >= 11 is 0. The third kappa shape index (κ3) is 5.72. The molecule has 6 aromatic rings. The van der Waals surface area contributed by atoms with Crippen LogP contribution in [0.2, 0.25) is 0 Å². The molecule has 0 fully saturated rings. The van der Waals surface area contributed by atoms with Crippen LogP contribution in [0.15, 0.2) is 163 Å². The molecule has 0 aromatic heterocycles. The predicted octanol–water partition coefficient (Wildman–Crippen LogP) is 9.42. The number of aliphatic imine (C=N–C) groups is 1. The van der Waals surface area contributed by atoms with Crippen LogP contribution in [-0.4, -0.2) is 5.71 Å². The minimum atomic E-state index is -0.395. The lowest BCUT2D eigenvalue weighted by Crippen LogP contribution is -2.28. The fourth-order valence-electron chi connectivity index (χ4n) is 5.86. The fourth-order valence-corrected chi connectivity index (χ4v) is 5.86. The molecule has 0 radical (unpaired) electrons. The lowest BCUT2D eigenvalue weighted by atomic mass is 9.89. The number of allylic oxidation sites excluding steroid dienone is 1. The Balaban J connectivity index is 1.44. The minimum Gasteiger partial charge on any atom is -0.359 e. The maximum absolute atomic E-state index is 9.39. The van der Waals surface area contributed by atoms with Crippen molar-refractivity contribution in [3.63, 3.8) is 0 Å². The zero-order valence-corrected chi connectivity index (χ0v) is 24.9. The summed E-state index contributed by atoms with van der Waals surface area (Å²) in [5.41, 5.74) is 12.4. The van der Waals surface area contributed by atoms with Crippen LogP contribution in [0, 0.1) is 22.7 Å². The highest BCUT2D eigenvalue weighted by Crippen LogP contribution is 2.38. The Morgan fingerprint density at radius 3 is 1.39 bits per heavy atom. The average Bonchev–Trinajstić information content (AvgIpc) is 3.15. The van der Waals surface area contributed by atoms with Crippen molar-refractivity contribution in [2.75, 3.05) is 0 Å². The number of nitriles is 2. The van der Waals surface area contributed by atoms with Crippen LogP contribution in [0.25, 0.3) is 33.5 Å². The van der Waals surface area contributed by atoms with Crippen LogP contribution in [0.5, 0.6) is 0 Å². The van der Waals surface area contributed by atoms with Crippen LogP contribution < -0.4 is 5.32 Å². The van der Waals surface area contributed by atoms with Gasteiger partial charge in [0.25, 0.3) is 0 Å². The Bertz CT molecular complexity index is 2070. The molecule has 0 saturated heterocycles. The molecule has 7 rings (SSSR count). The van der Waals surface area contributed by atoms with Crippen LogP contribution in [0.4, 0.5) is 0 Å². The summed E-state index contributed by atoms with van der Waals surface area (Å²) in [4.78, 5) is 5.44. The number of hydrogen-bond acceptors (Lipinski definition) is 4. The number of nitrogens with one attached hydrogen (secondary N) is 1. The van der Waals surface area contributed by atoms with Crippen molar-refractivity contribution in [1.29, 1.82) is 10.5 Å². The number of hydrogen-bond donors (Lipinski definition) is 1. The normalized spacial score (nSPS) is 14.0. The first kappa shape index (κ1) is 28.3. The van der Waals surface area contributed by atoms with Crippen LogP contribution in [0.3, 0.4) is 0 Å².